The van der Waals surface area contributed by atoms with E-state index in [-0.39, 0.29) is 23.8 Å². The third-order valence-electron chi connectivity index (χ3n) is 4.78. The van der Waals surface area contributed by atoms with Gasteiger partial charge < -0.3 is 10.2 Å². The van der Waals surface area contributed by atoms with Crippen molar-refractivity contribution in [2.45, 2.75) is 32.2 Å². The van der Waals surface area contributed by atoms with Crippen molar-refractivity contribution >= 4 is 17.8 Å². The molecule has 0 bridgehead atoms. The number of urea groups is 1. The van der Waals surface area contributed by atoms with E-state index in [4.69, 9.17) is 0 Å². The summed E-state index contributed by atoms with van der Waals surface area (Å²) in [6.07, 6.45) is 1.72. The zero-order chi connectivity index (χ0) is 19.6. The van der Waals surface area contributed by atoms with E-state index in [1.807, 2.05) is 6.92 Å². The summed E-state index contributed by atoms with van der Waals surface area (Å²) in [5.41, 5.74) is 2.40. The molecule has 1 aliphatic rings. The molecular formula is C19H24FN5O2. The van der Waals surface area contributed by atoms with E-state index in [1.54, 1.807) is 35.8 Å². The largest absolute Gasteiger partial charge is 0.344 e. The number of rotatable bonds is 4. The zero-order valence-corrected chi connectivity index (χ0v) is 15.8. The van der Waals surface area contributed by atoms with Crippen molar-refractivity contribution in [2.75, 3.05) is 18.9 Å². The maximum absolute atomic E-state index is 13.3. The Hall–Kier alpha value is -2.90. The highest BCUT2D eigenvalue weighted by Crippen LogP contribution is 2.32. The number of hydrogen-bond donors (Lipinski definition) is 2. The van der Waals surface area contributed by atoms with Gasteiger partial charge in [-0.25, -0.2) is 9.18 Å². The highest BCUT2D eigenvalue weighted by atomic mass is 19.1. The fraction of sp³-hybridized carbons (Fsp3) is 0.421. The number of carbonyl (C=O) groups excluding carboxylic acids is 2. The maximum atomic E-state index is 13.3. The molecule has 3 rings (SSSR count). The predicted molar refractivity (Wildman–Crippen MR) is 101 cm³/mol. The van der Waals surface area contributed by atoms with E-state index in [0.717, 1.165) is 16.8 Å². The highest BCUT2D eigenvalue weighted by molar-refractivity contribution is 5.94. The lowest BCUT2D eigenvalue weighted by Gasteiger charge is -2.30. The Balaban J connectivity index is 1.80. The van der Waals surface area contributed by atoms with Gasteiger partial charge in [-0.3, -0.25) is 14.8 Å². The Bertz CT molecular complexity index is 847. The van der Waals surface area contributed by atoms with Gasteiger partial charge in [-0.1, -0.05) is 19.1 Å². The molecule has 1 fully saturated rings. The number of benzene rings is 1. The Morgan fingerprint density at radius 1 is 1.30 bits per heavy atom. The van der Waals surface area contributed by atoms with Crippen LogP contribution in [0.2, 0.25) is 0 Å². The van der Waals surface area contributed by atoms with E-state index in [2.05, 4.69) is 15.7 Å². The van der Waals surface area contributed by atoms with Crippen molar-refractivity contribution in [3.63, 3.8) is 0 Å². The molecule has 0 spiro atoms. The summed E-state index contributed by atoms with van der Waals surface area (Å²) < 4.78 is 14.9. The lowest BCUT2D eigenvalue weighted by molar-refractivity contribution is -0.132. The molecule has 7 nitrogen and oxygen atoms in total. The third kappa shape index (κ3) is 4.10. The van der Waals surface area contributed by atoms with Crippen molar-refractivity contribution in [1.82, 2.24) is 20.0 Å². The van der Waals surface area contributed by atoms with E-state index in [9.17, 15) is 14.0 Å². The van der Waals surface area contributed by atoms with Crippen LogP contribution in [0.5, 0.6) is 0 Å². The van der Waals surface area contributed by atoms with Gasteiger partial charge in [0.1, 0.15) is 11.6 Å². The van der Waals surface area contributed by atoms with E-state index >= 15 is 0 Å². The summed E-state index contributed by atoms with van der Waals surface area (Å²) in [6, 6.07) is 5.69. The normalized spacial score (nSPS) is 17.1. The molecule has 0 radical (unpaired) electrons. The van der Waals surface area contributed by atoms with Crippen LogP contribution in [0, 0.1) is 5.82 Å². The van der Waals surface area contributed by atoms with Crippen LogP contribution in [0.3, 0.4) is 0 Å². The molecular weight excluding hydrogens is 349 g/mol. The number of hydrogen-bond acceptors (Lipinski definition) is 3. The fourth-order valence-electron chi connectivity index (χ4n) is 3.35. The lowest BCUT2D eigenvalue weighted by atomic mass is 10.0. The van der Waals surface area contributed by atoms with Crippen molar-refractivity contribution in [3.8, 4) is 11.1 Å². The number of nitrogens with zero attached hydrogens (tertiary/aromatic N) is 3. The number of aryl methyl sites for hydroxylation is 2. The molecule has 2 aromatic rings. The quantitative estimate of drug-likeness (QED) is 0.864. The molecule has 2 N–H and O–H groups in total. The lowest BCUT2D eigenvalue weighted by Crippen LogP contribution is -2.49. The maximum Gasteiger partial charge on any atom is 0.320 e. The molecule has 27 heavy (non-hydrogen) atoms. The number of amides is 3. The zero-order valence-electron chi connectivity index (χ0n) is 15.8. The van der Waals surface area contributed by atoms with Crippen LogP contribution < -0.4 is 10.6 Å². The van der Waals surface area contributed by atoms with E-state index in [1.165, 1.54) is 12.1 Å². The molecule has 1 aromatic heterocycles. The second-order valence-electron chi connectivity index (χ2n) is 6.76. The molecule has 144 valence electrons. The minimum Gasteiger partial charge on any atom is -0.344 e. The number of likely N-dealkylation sites (tertiary alicyclic amines) is 1. The van der Waals surface area contributed by atoms with E-state index in [0.29, 0.717) is 31.6 Å². The average molecular weight is 373 g/mol. The number of anilines is 1. The number of piperidine rings is 1. The smallest absolute Gasteiger partial charge is 0.320 e. The summed E-state index contributed by atoms with van der Waals surface area (Å²) in [5, 5.41) is 10.3. The number of likely N-dealkylation sites (N-methyl/N-ethyl adjacent to an activating group) is 1. The second-order valence-corrected chi connectivity index (χ2v) is 6.76. The number of carbonyl (C=O) groups is 2. The van der Waals surface area contributed by atoms with Crippen LogP contribution >= 0.6 is 0 Å². The van der Waals surface area contributed by atoms with E-state index < -0.39 is 0 Å². The van der Waals surface area contributed by atoms with Crippen molar-refractivity contribution < 1.29 is 14.0 Å². The molecule has 1 unspecified atom stereocenters. The van der Waals surface area contributed by atoms with Crippen LogP contribution in [-0.2, 0) is 18.3 Å². The minimum atomic E-state index is -0.350. The fourth-order valence-corrected chi connectivity index (χ4v) is 3.35. The van der Waals surface area contributed by atoms with Crippen LogP contribution in [-0.4, -0.2) is 46.3 Å². The standard InChI is InChI=1S/C19H24FN5O2/c1-4-15-17(12-5-7-13(20)8-6-12)18(25(3)23-15)22-19(27)21-14-9-10-16(26)24(2)11-14/h5-8,14H,4,9-11H2,1-3H3,(H2,21,22,27). The Morgan fingerprint density at radius 2 is 2.00 bits per heavy atom. The van der Waals surface area contributed by atoms with Gasteiger partial charge in [-0.15, -0.1) is 0 Å². The van der Waals surface area contributed by atoms with Crippen LogP contribution in [0.25, 0.3) is 11.1 Å². The Kier molecular flexibility index (Phi) is 5.43. The van der Waals surface area contributed by atoms with Gasteiger partial charge in [0.15, 0.2) is 0 Å². The van der Waals surface area contributed by atoms with Gasteiger partial charge in [-0.2, -0.15) is 5.10 Å². The number of aromatic nitrogens is 2. The van der Waals surface area contributed by atoms with Crippen LogP contribution in [0.4, 0.5) is 15.0 Å². The summed E-state index contributed by atoms with van der Waals surface area (Å²) in [5.74, 6) is 0.325. The van der Waals surface area contributed by atoms with Crippen molar-refractivity contribution in [1.29, 1.82) is 0 Å². The van der Waals surface area contributed by atoms with Crippen molar-refractivity contribution in [3.05, 3.63) is 35.8 Å². The molecule has 1 saturated heterocycles. The second kappa shape index (κ2) is 7.77. The summed E-state index contributed by atoms with van der Waals surface area (Å²) in [6.45, 7) is 2.47. The first-order chi connectivity index (χ1) is 12.9. The first kappa shape index (κ1) is 18.9. The molecule has 8 heteroatoms. The molecule has 0 aliphatic carbocycles. The summed E-state index contributed by atoms with van der Waals surface area (Å²) in [7, 11) is 3.49. The minimum absolute atomic E-state index is 0.0891. The molecule has 3 amide bonds. The average Bonchev–Trinajstić information content (AvgIpc) is 2.94. The SMILES string of the molecule is CCc1nn(C)c(NC(=O)NC2CCC(=O)N(C)C2)c1-c1ccc(F)cc1. The van der Waals surface area contributed by atoms with Gasteiger partial charge in [0.05, 0.1) is 5.69 Å². The molecule has 1 atom stereocenters. The van der Waals surface area contributed by atoms with Crippen LogP contribution in [0.1, 0.15) is 25.5 Å². The summed E-state index contributed by atoms with van der Waals surface area (Å²) >= 11 is 0. The van der Waals surface area contributed by atoms with Gasteiger partial charge >= 0.3 is 6.03 Å². The highest BCUT2D eigenvalue weighted by Gasteiger charge is 2.25. The predicted octanol–water partition coefficient (Wildman–Crippen LogP) is 2.53. The molecule has 1 aromatic carbocycles. The van der Waals surface area contributed by atoms with Gasteiger partial charge in [0.2, 0.25) is 5.91 Å². The monoisotopic (exact) mass is 373 g/mol. The summed E-state index contributed by atoms with van der Waals surface area (Å²) in [4.78, 5) is 25.7. The van der Waals surface area contributed by atoms with Gasteiger partial charge in [-0.05, 0) is 30.5 Å². The Morgan fingerprint density at radius 3 is 2.63 bits per heavy atom. The first-order valence-electron chi connectivity index (χ1n) is 9.02. The van der Waals surface area contributed by atoms with Gasteiger partial charge in [0, 0.05) is 38.7 Å². The van der Waals surface area contributed by atoms with Gasteiger partial charge in [0.25, 0.3) is 0 Å². The Labute approximate surface area is 157 Å². The third-order valence-corrected chi connectivity index (χ3v) is 4.78. The molecule has 2 heterocycles. The first-order valence-corrected chi connectivity index (χ1v) is 9.02. The van der Waals surface area contributed by atoms with Crippen LogP contribution in [0.15, 0.2) is 24.3 Å². The van der Waals surface area contributed by atoms with Crippen molar-refractivity contribution in [2.24, 2.45) is 7.05 Å². The molecule has 1 aliphatic heterocycles. The number of halogens is 1. The number of nitrogens with one attached hydrogen (secondary N) is 2. The molecule has 0 saturated carbocycles. The topological polar surface area (TPSA) is 79.3 Å².